The van der Waals surface area contributed by atoms with Crippen molar-refractivity contribution >= 4 is 23.3 Å². The van der Waals surface area contributed by atoms with Crippen molar-refractivity contribution in [1.29, 1.82) is 0 Å². The lowest BCUT2D eigenvalue weighted by Crippen LogP contribution is -2.16. The normalized spacial score (nSPS) is 12.9. The predicted molar refractivity (Wildman–Crippen MR) is 95.9 cm³/mol. The Balaban J connectivity index is 2.08. The van der Waals surface area contributed by atoms with Crippen LogP contribution < -0.4 is 9.64 Å². The molecule has 0 aliphatic carbocycles. The van der Waals surface area contributed by atoms with Crippen molar-refractivity contribution in [2.75, 3.05) is 4.90 Å². The zero-order chi connectivity index (χ0) is 17.6. The maximum Gasteiger partial charge on any atom is 0.347 e. The molecule has 0 N–H and O–H groups in total. The van der Waals surface area contributed by atoms with Gasteiger partial charge in [-0.05, 0) is 56.2 Å². The Labute approximate surface area is 145 Å². The molecular formula is C20H17N3O2. The molecule has 0 atom stereocenters. The van der Waals surface area contributed by atoms with E-state index in [0.29, 0.717) is 22.9 Å². The number of hydrogen-bond donors (Lipinski definition) is 0. The summed E-state index contributed by atoms with van der Waals surface area (Å²) in [4.78, 5) is 23.4. The van der Waals surface area contributed by atoms with Crippen LogP contribution in [0.1, 0.15) is 27.0 Å². The van der Waals surface area contributed by atoms with Crippen LogP contribution in [0.15, 0.2) is 48.8 Å². The fourth-order valence-corrected chi connectivity index (χ4v) is 3.36. The van der Waals surface area contributed by atoms with E-state index in [-0.39, 0.29) is 0 Å². The van der Waals surface area contributed by atoms with Gasteiger partial charge in [-0.2, -0.15) is 0 Å². The van der Waals surface area contributed by atoms with Crippen LogP contribution >= 0.6 is 0 Å². The maximum absolute atomic E-state index is 12.6. The molecule has 0 amide bonds. The molecule has 0 unspecified atom stereocenters. The Hall–Kier alpha value is -3.21. The number of carbonyl (C=O) groups excluding carboxylic acids is 1. The molecule has 0 saturated carbocycles. The molecule has 0 spiro atoms. The Morgan fingerprint density at radius 2 is 1.56 bits per heavy atom. The number of pyridine rings is 2. The fourth-order valence-electron chi connectivity index (χ4n) is 3.36. The van der Waals surface area contributed by atoms with Crippen molar-refractivity contribution in [1.82, 2.24) is 9.97 Å². The molecule has 0 fully saturated rings. The Bertz CT molecular complexity index is 975. The largest absolute Gasteiger partial charge is 0.419 e. The molecule has 1 aliphatic rings. The van der Waals surface area contributed by atoms with E-state index in [1.54, 1.807) is 36.7 Å². The van der Waals surface area contributed by atoms with Crippen molar-refractivity contribution in [3.05, 3.63) is 71.0 Å². The fraction of sp³-hybridized carbons (Fsp3) is 0.150. The molecule has 5 nitrogen and oxygen atoms in total. The smallest absolute Gasteiger partial charge is 0.347 e. The Morgan fingerprint density at radius 1 is 0.920 bits per heavy atom. The minimum Gasteiger partial charge on any atom is -0.419 e. The zero-order valence-corrected chi connectivity index (χ0v) is 14.3. The average Bonchev–Trinajstić information content (AvgIpc) is 2.70. The van der Waals surface area contributed by atoms with Crippen LogP contribution in [0, 0.1) is 20.8 Å². The van der Waals surface area contributed by atoms with Gasteiger partial charge in [0.05, 0.1) is 5.69 Å². The van der Waals surface area contributed by atoms with Crippen molar-refractivity contribution in [3.8, 4) is 5.75 Å². The second-order valence-corrected chi connectivity index (χ2v) is 6.17. The zero-order valence-electron chi connectivity index (χ0n) is 14.3. The van der Waals surface area contributed by atoms with Crippen LogP contribution in [0.3, 0.4) is 0 Å². The van der Waals surface area contributed by atoms with Crippen LogP contribution in [0.5, 0.6) is 5.75 Å². The van der Waals surface area contributed by atoms with Crippen molar-refractivity contribution in [3.63, 3.8) is 0 Å². The highest BCUT2D eigenvalue weighted by Crippen LogP contribution is 2.44. The lowest BCUT2D eigenvalue weighted by Gasteiger charge is -2.26. The first-order chi connectivity index (χ1) is 12.1. The summed E-state index contributed by atoms with van der Waals surface area (Å²) >= 11 is 0. The van der Waals surface area contributed by atoms with Crippen LogP contribution in [0.2, 0.25) is 0 Å². The molecule has 5 heteroatoms. The summed E-state index contributed by atoms with van der Waals surface area (Å²) in [6.07, 6.45) is 3.36. The first-order valence-corrected chi connectivity index (χ1v) is 8.06. The van der Waals surface area contributed by atoms with Gasteiger partial charge in [-0.3, -0.25) is 4.90 Å². The van der Waals surface area contributed by atoms with Gasteiger partial charge in [0.15, 0.2) is 17.4 Å². The number of ether oxygens (including phenoxy) is 1. The van der Waals surface area contributed by atoms with Crippen LogP contribution in [0.4, 0.5) is 17.3 Å². The quantitative estimate of drug-likeness (QED) is 0.618. The Morgan fingerprint density at radius 3 is 2.28 bits per heavy atom. The molecular weight excluding hydrogens is 314 g/mol. The third-order valence-corrected chi connectivity index (χ3v) is 4.24. The lowest BCUT2D eigenvalue weighted by atomic mass is 10.0. The van der Waals surface area contributed by atoms with Gasteiger partial charge in [0.1, 0.15) is 5.56 Å². The molecule has 3 aromatic rings. The van der Waals surface area contributed by atoms with E-state index in [1.165, 1.54) is 5.56 Å². The van der Waals surface area contributed by atoms with Crippen molar-refractivity contribution < 1.29 is 9.53 Å². The summed E-state index contributed by atoms with van der Waals surface area (Å²) in [5, 5.41) is 0. The average molecular weight is 331 g/mol. The minimum absolute atomic E-state index is 0.417. The molecule has 25 heavy (non-hydrogen) atoms. The number of benzene rings is 1. The van der Waals surface area contributed by atoms with E-state index in [4.69, 9.17) is 4.74 Å². The summed E-state index contributed by atoms with van der Waals surface area (Å²) in [7, 11) is 0. The van der Waals surface area contributed by atoms with Gasteiger partial charge in [-0.1, -0.05) is 17.7 Å². The van der Waals surface area contributed by atoms with Gasteiger partial charge in [0.2, 0.25) is 0 Å². The highest BCUT2D eigenvalue weighted by Gasteiger charge is 2.31. The molecule has 4 rings (SSSR count). The SMILES string of the molecule is Cc1cc(C)c(N2c3ncccc3OC(=O)c3cccnc32)c(C)c1. The number of esters is 1. The maximum atomic E-state index is 12.6. The number of aryl methyl sites for hydroxylation is 3. The van der Waals surface area contributed by atoms with Gasteiger partial charge < -0.3 is 4.74 Å². The molecule has 124 valence electrons. The van der Waals surface area contributed by atoms with Crippen LogP contribution in [-0.2, 0) is 0 Å². The van der Waals surface area contributed by atoms with E-state index in [9.17, 15) is 4.79 Å². The van der Waals surface area contributed by atoms with E-state index in [0.717, 1.165) is 16.8 Å². The van der Waals surface area contributed by atoms with E-state index in [2.05, 4.69) is 29.0 Å². The lowest BCUT2D eigenvalue weighted by molar-refractivity contribution is 0.0738. The molecule has 1 aliphatic heterocycles. The second kappa shape index (κ2) is 5.70. The molecule has 3 heterocycles. The second-order valence-electron chi connectivity index (χ2n) is 6.17. The summed E-state index contributed by atoms with van der Waals surface area (Å²) in [5.74, 6) is 1.08. The van der Waals surface area contributed by atoms with E-state index < -0.39 is 5.97 Å². The monoisotopic (exact) mass is 331 g/mol. The standard InChI is InChI=1S/C20H17N3O2/c1-12-10-13(2)17(14(3)11-12)23-18-15(6-4-8-21-18)20(24)25-16-7-5-9-22-19(16)23/h4-11H,1-3H3. The topological polar surface area (TPSA) is 55.3 Å². The first-order valence-electron chi connectivity index (χ1n) is 8.06. The van der Waals surface area contributed by atoms with Gasteiger partial charge in [-0.15, -0.1) is 0 Å². The molecule has 0 bridgehead atoms. The third kappa shape index (κ3) is 2.45. The van der Waals surface area contributed by atoms with Crippen LogP contribution in [0.25, 0.3) is 0 Å². The number of anilines is 3. The summed E-state index contributed by atoms with van der Waals surface area (Å²) in [6.45, 7) is 6.17. The molecule has 0 saturated heterocycles. The van der Waals surface area contributed by atoms with E-state index in [1.807, 2.05) is 18.7 Å². The first kappa shape index (κ1) is 15.3. The Kier molecular flexibility index (Phi) is 3.50. The van der Waals surface area contributed by atoms with Crippen molar-refractivity contribution in [2.24, 2.45) is 0 Å². The summed E-state index contributed by atoms with van der Waals surface area (Å²) in [5.41, 5.74) is 4.73. The highest BCUT2D eigenvalue weighted by atomic mass is 16.5. The van der Waals surface area contributed by atoms with Crippen molar-refractivity contribution in [2.45, 2.75) is 20.8 Å². The van der Waals surface area contributed by atoms with Gasteiger partial charge in [-0.25, -0.2) is 14.8 Å². The molecule has 2 aromatic heterocycles. The number of carbonyl (C=O) groups is 1. The number of nitrogens with zero attached hydrogens (tertiary/aromatic N) is 3. The summed E-state index contributed by atoms with van der Waals surface area (Å²) in [6, 6.07) is 11.2. The molecule has 0 radical (unpaired) electrons. The number of rotatable bonds is 1. The van der Waals surface area contributed by atoms with Gasteiger partial charge in [0, 0.05) is 12.4 Å². The van der Waals surface area contributed by atoms with Gasteiger partial charge in [0.25, 0.3) is 0 Å². The number of aromatic nitrogens is 2. The number of fused-ring (bicyclic) bond motifs is 2. The van der Waals surface area contributed by atoms with Gasteiger partial charge >= 0.3 is 5.97 Å². The third-order valence-electron chi connectivity index (χ3n) is 4.24. The predicted octanol–water partition coefficient (Wildman–Crippen LogP) is 4.40. The number of hydrogen-bond acceptors (Lipinski definition) is 5. The molecule has 1 aromatic carbocycles. The minimum atomic E-state index is -0.428. The summed E-state index contributed by atoms with van der Waals surface area (Å²) < 4.78 is 5.56. The highest BCUT2D eigenvalue weighted by molar-refractivity contribution is 6.01. The van der Waals surface area contributed by atoms with Crippen LogP contribution in [-0.4, -0.2) is 15.9 Å². The van der Waals surface area contributed by atoms with E-state index >= 15 is 0 Å².